The zero-order chi connectivity index (χ0) is 12.9. The molecule has 0 fully saturated rings. The molecule has 0 heterocycles. The van der Waals surface area contributed by atoms with Gasteiger partial charge in [0.2, 0.25) is 0 Å². The fraction of sp³-hybridized carbons (Fsp3) is 0.571. The first-order chi connectivity index (χ1) is 7.92. The van der Waals surface area contributed by atoms with Crippen molar-refractivity contribution in [3.05, 3.63) is 29.3 Å². The molecule has 2 nitrogen and oxygen atoms in total. The Morgan fingerprint density at radius 3 is 2.47 bits per heavy atom. The van der Waals surface area contributed by atoms with Gasteiger partial charge >= 0.3 is 0 Å². The fourth-order valence-corrected chi connectivity index (χ4v) is 2.04. The fourth-order valence-electron chi connectivity index (χ4n) is 1.85. The predicted molar refractivity (Wildman–Crippen MR) is 73.6 cm³/mol. The summed E-state index contributed by atoms with van der Waals surface area (Å²) in [5.41, 5.74) is 6.04. The molecule has 0 spiro atoms. The molecule has 1 aromatic carbocycles. The van der Waals surface area contributed by atoms with Crippen molar-refractivity contribution in [2.45, 2.75) is 27.2 Å². The maximum Gasteiger partial charge on any atom is 0.137 e. The lowest BCUT2D eigenvalue weighted by Gasteiger charge is -2.25. The van der Waals surface area contributed by atoms with Gasteiger partial charge in [0.05, 0.1) is 11.6 Å². The van der Waals surface area contributed by atoms with Crippen LogP contribution in [0.3, 0.4) is 0 Å². The van der Waals surface area contributed by atoms with Crippen LogP contribution < -0.4 is 10.5 Å². The Morgan fingerprint density at radius 2 is 1.94 bits per heavy atom. The first-order valence-electron chi connectivity index (χ1n) is 6.00. The van der Waals surface area contributed by atoms with E-state index < -0.39 is 0 Å². The van der Waals surface area contributed by atoms with Gasteiger partial charge in [0.15, 0.2) is 0 Å². The summed E-state index contributed by atoms with van der Waals surface area (Å²) in [5.74, 6) is 1.10. The second-order valence-electron chi connectivity index (χ2n) is 5.61. The molecule has 0 saturated heterocycles. The molecule has 17 heavy (non-hydrogen) atoms. The van der Waals surface area contributed by atoms with Crippen LogP contribution in [0.4, 0.5) is 0 Å². The number of rotatable bonds is 5. The van der Waals surface area contributed by atoms with E-state index in [0.29, 0.717) is 24.1 Å². The molecule has 1 unspecified atom stereocenters. The van der Waals surface area contributed by atoms with Crippen molar-refractivity contribution in [3.63, 3.8) is 0 Å². The molecular formula is C14H22ClNO. The quantitative estimate of drug-likeness (QED) is 0.870. The Morgan fingerprint density at radius 1 is 1.29 bits per heavy atom. The summed E-state index contributed by atoms with van der Waals surface area (Å²) in [6, 6.07) is 7.53. The average molecular weight is 256 g/mol. The van der Waals surface area contributed by atoms with E-state index in [4.69, 9.17) is 22.1 Å². The normalized spacial score (nSPS) is 13.5. The summed E-state index contributed by atoms with van der Waals surface area (Å²) in [6.45, 7) is 7.90. The van der Waals surface area contributed by atoms with Crippen molar-refractivity contribution in [3.8, 4) is 5.75 Å². The van der Waals surface area contributed by atoms with Crippen LogP contribution in [0.5, 0.6) is 5.75 Å². The van der Waals surface area contributed by atoms with Crippen molar-refractivity contribution in [2.75, 3.05) is 13.2 Å². The minimum atomic E-state index is 0.272. The van der Waals surface area contributed by atoms with Gasteiger partial charge in [-0.1, -0.05) is 44.5 Å². The Kier molecular flexibility index (Phi) is 5.29. The van der Waals surface area contributed by atoms with Crippen LogP contribution in [0.1, 0.15) is 27.2 Å². The largest absolute Gasteiger partial charge is 0.492 e. The van der Waals surface area contributed by atoms with Crippen LogP contribution in [0.2, 0.25) is 5.02 Å². The van der Waals surface area contributed by atoms with Crippen LogP contribution in [0, 0.1) is 11.3 Å². The van der Waals surface area contributed by atoms with Crippen molar-refractivity contribution in [1.82, 2.24) is 0 Å². The molecule has 0 aliphatic heterocycles. The molecule has 0 aliphatic rings. The minimum Gasteiger partial charge on any atom is -0.492 e. The number of hydrogen-bond donors (Lipinski definition) is 1. The van der Waals surface area contributed by atoms with Gasteiger partial charge in [-0.15, -0.1) is 0 Å². The smallest absolute Gasteiger partial charge is 0.137 e. The molecule has 96 valence electrons. The first kappa shape index (κ1) is 14.3. The van der Waals surface area contributed by atoms with Crippen LogP contribution in [-0.4, -0.2) is 13.2 Å². The molecule has 0 saturated carbocycles. The number of halogens is 1. The third-order valence-corrected chi connectivity index (χ3v) is 2.86. The van der Waals surface area contributed by atoms with E-state index >= 15 is 0 Å². The SMILES string of the molecule is CC(C)(C)CC(CN)COc1ccccc1Cl. The van der Waals surface area contributed by atoms with E-state index in [1.807, 2.05) is 24.3 Å². The molecule has 0 aromatic heterocycles. The third kappa shape index (κ3) is 5.42. The Labute approximate surface area is 109 Å². The van der Waals surface area contributed by atoms with Crippen molar-refractivity contribution < 1.29 is 4.74 Å². The second-order valence-corrected chi connectivity index (χ2v) is 6.02. The third-order valence-electron chi connectivity index (χ3n) is 2.55. The highest BCUT2D eigenvalue weighted by Crippen LogP contribution is 2.27. The van der Waals surface area contributed by atoms with E-state index in [1.165, 1.54) is 0 Å². The molecule has 0 aliphatic carbocycles. The number of ether oxygens (including phenoxy) is 1. The molecule has 0 radical (unpaired) electrons. The molecular weight excluding hydrogens is 234 g/mol. The van der Waals surface area contributed by atoms with E-state index in [2.05, 4.69) is 20.8 Å². The summed E-state index contributed by atoms with van der Waals surface area (Å²) >= 11 is 6.03. The summed E-state index contributed by atoms with van der Waals surface area (Å²) in [5, 5.41) is 0.652. The van der Waals surface area contributed by atoms with Gasteiger partial charge in [-0.3, -0.25) is 0 Å². The van der Waals surface area contributed by atoms with E-state index in [-0.39, 0.29) is 5.41 Å². The predicted octanol–water partition coefficient (Wildman–Crippen LogP) is 3.73. The van der Waals surface area contributed by atoms with Gasteiger partial charge in [0.1, 0.15) is 5.75 Å². The molecule has 0 bridgehead atoms. The standard InChI is InChI=1S/C14H22ClNO/c1-14(2,3)8-11(9-16)10-17-13-7-5-4-6-12(13)15/h4-7,11H,8-10,16H2,1-3H3. The van der Waals surface area contributed by atoms with Crippen LogP contribution in [0.15, 0.2) is 24.3 Å². The highest BCUT2D eigenvalue weighted by atomic mass is 35.5. The zero-order valence-corrected chi connectivity index (χ0v) is 11.6. The van der Waals surface area contributed by atoms with Crippen molar-refractivity contribution in [1.29, 1.82) is 0 Å². The number of benzene rings is 1. The first-order valence-corrected chi connectivity index (χ1v) is 6.37. The topological polar surface area (TPSA) is 35.2 Å². The molecule has 2 N–H and O–H groups in total. The lowest BCUT2D eigenvalue weighted by atomic mass is 9.85. The number of nitrogens with two attached hydrogens (primary N) is 1. The van der Waals surface area contributed by atoms with Gasteiger partial charge in [0.25, 0.3) is 0 Å². The van der Waals surface area contributed by atoms with Crippen molar-refractivity contribution in [2.24, 2.45) is 17.1 Å². The molecule has 0 amide bonds. The monoisotopic (exact) mass is 255 g/mol. The van der Waals surface area contributed by atoms with Crippen LogP contribution in [-0.2, 0) is 0 Å². The lowest BCUT2D eigenvalue weighted by Crippen LogP contribution is -2.26. The summed E-state index contributed by atoms with van der Waals surface area (Å²) < 4.78 is 5.72. The van der Waals surface area contributed by atoms with E-state index in [9.17, 15) is 0 Å². The van der Waals surface area contributed by atoms with Gasteiger partial charge < -0.3 is 10.5 Å². The maximum absolute atomic E-state index is 6.03. The summed E-state index contributed by atoms with van der Waals surface area (Å²) in [7, 11) is 0. The molecule has 1 rings (SSSR count). The molecule has 1 atom stereocenters. The zero-order valence-electron chi connectivity index (χ0n) is 10.9. The Bertz CT molecular complexity index is 346. The highest BCUT2D eigenvalue weighted by molar-refractivity contribution is 6.32. The second kappa shape index (κ2) is 6.27. The van der Waals surface area contributed by atoms with Crippen LogP contribution in [0.25, 0.3) is 0 Å². The van der Waals surface area contributed by atoms with Crippen molar-refractivity contribution >= 4 is 11.6 Å². The van der Waals surface area contributed by atoms with E-state index in [1.54, 1.807) is 0 Å². The summed E-state index contributed by atoms with van der Waals surface area (Å²) in [4.78, 5) is 0. The molecule has 1 aromatic rings. The lowest BCUT2D eigenvalue weighted by molar-refractivity contribution is 0.199. The van der Waals surface area contributed by atoms with Gasteiger partial charge in [-0.25, -0.2) is 0 Å². The number of hydrogen-bond acceptors (Lipinski definition) is 2. The highest BCUT2D eigenvalue weighted by Gasteiger charge is 2.18. The van der Waals surface area contributed by atoms with Gasteiger partial charge in [-0.2, -0.15) is 0 Å². The minimum absolute atomic E-state index is 0.272. The van der Waals surface area contributed by atoms with Gasteiger partial charge in [0, 0.05) is 5.92 Å². The Balaban J connectivity index is 2.51. The number of para-hydroxylation sites is 1. The summed E-state index contributed by atoms with van der Waals surface area (Å²) in [6.07, 6.45) is 1.05. The van der Waals surface area contributed by atoms with Crippen LogP contribution >= 0.6 is 11.6 Å². The maximum atomic E-state index is 6.03. The van der Waals surface area contributed by atoms with Gasteiger partial charge in [-0.05, 0) is 30.5 Å². The Hall–Kier alpha value is -0.730. The average Bonchev–Trinajstić information content (AvgIpc) is 2.24. The van der Waals surface area contributed by atoms with E-state index in [0.717, 1.165) is 12.2 Å². The molecule has 3 heteroatoms.